The van der Waals surface area contributed by atoms with Crippen LogP contribution >= 0.6 is 0 Å². The SMILES string of the molecule is CCC1=C[C@@H]2CC(C1)Cc1c([nH]c3ccccc13)[C@@](C(=O)OC)(c1cc3c(cc1OC)N(C)[C@H]1[C@@](O)(CNC(=O)c4cccc(F)c4)[C@H](OC(C)=O)[C@]4(CC)C=CCN5CC[C@]31[C@@H]54)C2.O=C(O)C(O)C(O)C(=O)O. The van der Waals surface area contributed by atoms with Crippen molar-refractivity contribution in [3.63, 3.8) is 0 Å². The van der Waals surface area contributed by atoms with E-state index in [0.29, 0.717) is 49.6 Å². The molecule has 4 heterocycles. The largest absolute Gasteiger partial charge is 0.496 e. The number of halogens is 1. The van der Waals surface area contributed by atoms with Crippen molar-refractivity contribution in [1.82, 2.24) is 15.2 Å². The molecule has 10 rings (SSSR count). The van der Waals surface area contributed by atoms with Crippen LogP contribution in [0.1, 0.15) is 92.0 Å². The lowest BCUT2D eigenvalue weighted by molar-refractivity contribution is -0.216. The van der Waals surface area contributed by atoms with Gasteiger partial charge in [-0.05, 0) is 105 Å². The number of anilines is 1. The van der Waals surface area contributed by atoms with E-state index in [4.69, 9.17) is 34.6 Å². The number of likely N-dealkylation sites (N-methyl/N-ethyl adjacent to an activating group) is 1. The van der Waals surface area contributed by atoms with Crippen molar-refractivity contribution in [1.29, 1.82) is 0 Å². The van der Waals surface area contributed by atoms with Crippen molar-refractivity contribution in [2.75, 3.05) is 45.8 Å². The molecule has 17 nitrogen and oxygen atoms in total. The molecule has 3 aromatic carbocycles. The molecule has 1 aromatic heterocycles. The third-order valence-corrected chi connectivity index (χ3v) is 17.2. The zero-order valence-electron chi connectivity index (χ0n) is 42.4. The van der Waals surface area contributed by atoms with Crippen LogP contribution < -0.4 is 15.0 Å². The number of carbonyl (C=O) groups excluding carboxylic acids is 3. The van der Waals surface area contributed by atoms with Gasteiger partial charge in [-0.25, -0.2) is 14.0 Å². The summed E-state index contributed by atoms with van der Waals surface area (Å²) in [6.07, 6.45) is 6.35. The van der Waals surface area contributed by atoms with Gasteiger partial charge in [-0.1, -0.05) is 61.9 Å². The first-order chi connectivity index (χ1) is 35.3. The van der Waals surface area contributed by atoms with Gasteiger partial charge in [0.15, 0.2) is 12.2 Å². The number of ether oxygens (including phenoxy) is 3. The van der Waals surface area contributed by atoms with E-state index in [2.05, 4.69) is 76.4 Å². The number of aliphatic carboxylic acids is 2. The van der Waals surface area contributed by atoms with Crippen LogP contribution in [0.5, 0.6) is 5.75 Å². The van der Waals surface area contributed by atoms with Crippen molar-refractivity contribution < 1.29 is 68.1 Å². The zero-order valence-corrected chi connectivity index (χ0v) is 42.4. The van der Waals surface area contributed by atoms with Crippen molar-refractivity contribution in [2.45, 2.75) is 113 Å². The molecule has 6 aliphatic rings. The first kappa shape index (κ1) is 52.3. The molecule has 394 valence electrons. The van der Waals surface area contributed by atoms with Crippen LogP contribution in [-0.2, 0) is 45.9 Å². The van der Waals surface area contributed by atoms with E-state index in [1.807, 2.05) is 19.2 Å². The number of aliphatic hydroxyl groups excluding tert-OH is 2. The van der Waals surface area contributed by atoms with Gasteiger partial charge in [0.25, 0.3) is 5.91 Å². The van der Waals surface area contributed by atoms with Gasteiger partial charge in [0.2, 0.25) is 0 Å². The summed E-state index contributed by atoms with van der Waals surface area (Å²) >= 11 is 0. The molecular formula is C56H65FN4O13. The number of aromatic amines is 1. The molecule has 1 spiro atoms. The summed E-state index contributed by atoms with van der Waals surface area (Å²) in [6, 6.07) is 16.9. The number of nitrogens with zero attached hydrogens (tertiary/aromatic N) is 2. The number of amides is 1. The van der Waals surface area contributed by atoms with Crippen molar-refractivity contribution >= 4 is 46.4 Å². The van der Waals surface area contributed by atoms with E-state index in [0.717, 1.165) is 65.2 Å². The maximum atomic E-state index is 15.3. The molecule has 11 atom stereocenters. The van der Waals surface area contributed by atoms with E-state index < -0.39 is 75.8 Å². The van der Waals surface area contributed by atoms with Crippen LogP contribution in [0.4, 0.5) is 10.1 Å². The monoisotopic (exact) mass is 1020 g/mol. The summed E-state index contributed by atoms with van der Waals surface area (Å²) in [5, 5.41) is 50.4. The van der Waals surface area contributed by atoms with Crippen molar-refractivity contribution in [2.24, 2.45) is 17.3 Å². The number of benzene rings is 3. The zero-order chi connectivity index (χ0) is 53.2. The Labute approximate surface area is 428 Å². The number of para-hydroxylation sites is 1. The second kappa shape index (κ2) is 19.6. The second-order valence-electron chi connectivity index (χ2n) is 21.0. The van der Waals surface area contributed by atoms with Gasteiger partial charge in [-0.15, -0.1) is 0 Å². The topological polar surface area (TPSA) is 248 Å². The lowest BCUT2D eigenvalue weighted by Gasteiger charge is -2.64. The minimum absolute atomic E-state index is 0.0862. The number of carboxylic acid groups (broad SMARTS) is 2. The predicted octanol–water partition coefficient (Wildman–Crippen LogP) is 5.16. The van der Waals surface area contributed by atoms with E-state index in [-0.39, 0.29) is 30.0 Å². The van der Waals surface area contributed by atoms with Gasteiger partial charge < -0.3 is 54.9 Å². The lowest BCUT2D eigenvalue weighted by Crippen LogP contribution is -2.81. The highest BCUT2D eigenvalue weighted by atomic mass is 19.1. The Kier molecular flexibility index (Phi) is 13.8. The number of hydrogen-bond acceptors (Lipinski definition) is 13. The number of H-pyrrole nitrogens is 1. The number of aliphatic hydroxyl groups is 3. The van der Waals surface area contributed by atoms with Crippen molar-refractivity contribution in [3.8, 4) is 5.75 Å². The molecule has 3 unspecified atom stereocenters. The molecule has 1 saturated carbocycles. The van der Waals surface area contributed by atoms with Crippen LogP contribution in [-0.4, -0.2) is 142 Å². The Balaban J connectivity index is 0.000000610. The van der Waals surface area contributed by atoms with Gasteiger partial charge in [0.1, 0.15) is 28.7 Å². The van der Waals surface area contributed by atoms with Gasteiger partial charge in [-0.3, -0.25) is 19.3 Å². The fraction of sp³-hybridized carbons (Fsp3) is 0.482. The first-order valence-corrected chi connectivity index (χ1v) is 25.3. The highest BCUT2D eigenvalue weighted by molar-refractivity contribution is 5.95. The highest BCUT2D eigenvalue weighted by Crippen LogP contribution is 2.68. The number of aromatic nitrogens is 1. The van der Waals surface area contributed by atoms with E-state index in [1.54, 1.807) is 7.11 Å². The second-order valence-corrected chi connectivity index (χ2v) is 21.0. The predicted molar refractivity (Wildman–Crippen MR) is 269 cm³/mol. The van der Waals surface area contributed by atoms with Crippen LogP contribution in [0.25, 0.3) is 10.9 Å². The summed E-state index contributed by atoms with van der Waals surface area (Å²) in [5.41, 5.74) is 1.98. The third kappa shape index (κ3) is 8.06. The Bertz CT molecular complexity index is 2960. The number of nitrogens with one attached hydrogen (secondary N) is 2. The van der Waals surface area contributed by atoms with E-state index in [1.165, 1.54) is 37.8 Å². The number of fused-ring (bicyclic) bond motifs is 6. The summed E-state index contributed by atoms with van der Waals surface area (Å²) in [6.45, 7) is 6.70. The normalized spacial score (nSPS) is 30.1. The van der Waals surface area contributed by atoms with Crippen molar-refractivity contribution in [3.05, 3.63) is 118 Å². The van der Waals surface area contributed by atoms with Gasteiger partial charge in [0, 0.05) is 76.9 Å². The standard InChI is InChI=1S/C52H59FN4O7.C4H6O6/c1-7-31-21-32-23-33(22-31)28-51(48(60)63-6,43-37(24-32)36-15-9-10-16-40(36)55-43)39-26-38-41(27-42(39)62-5)56(4)46-50(38)18-20-57-19-12-17-49(8-2,45(50)57)47(64-30(3)58)52(46,61)29-54-44(59)34-13-11-14-35(53)25-34;5-1(3(7)8)2(6)4(9)10/h9-17,22,25-27,32-33,45-47,55,61H,7-8,18-21,23-24,28-29H2,1-6H3,(H,54,59);1-2,5-6H,(H,7,8)(H,9,10)/t32?,33-,45+,46-,47-,49-,50-,51+,52+;/m1./s1. The van der Waals surface area contributed by atoms with E-state index in [9.17, 15) is 28.7 Å². The third-order valence-electron chi connectivity index (χ3n) is 17.2. The Morgan fingerprint density at radius 2 is 1.68 bits per heavy atom. The molecular weight excluding hydrogens is 956 g/mol. The summed E-state index contributed by atoms with van der Waals surface area (Å²) in [5.74, 6) is -4.55. The van der Waals surface area contributed by atoms with Gasteiger partial charge in [-0.2, -0.15) is 0 Å². The molecule has 3 aliphatic carbocycles. The fourth-order valence-corrected chi connectivity index (χ4v) is 14.5. The Morgan fingerprint density at radius 1 is 0.946 bits per heavy atom. The van der Waals surface area contributed by atoms with E-state index >= 15 is 4.79 Å². The molecule has 1 amide bonds. The number of carbonyl (C=O) groups is 5. The number of rotatable bonds is 12. The quantitative estimate of drug-likeness (QED) is 0.0715. The lowest BCUT2D eigenvalue weighted by atomic mass is 9.47. The summed E-state index contributed by atoms with van der Waals surface area (Å²) < 4.78 is 33.2. The molecule has 2 fully saturated rings. The summed E-state index contributed by atoms with van der Waals surface area (Å²) in [4.78, 5) is 70.4. The van der Waals surface area contributed by atoms with Crippen LogP contribution in [0.3, 0.4) is 0 Å². The average molecular weight is 1020 g/mol. The molecule has 7 N–H and O–H groups in total. The number of hydrogen-bond donors (Lipinski definition) is 7. The molecule has 0 radical (unpaired) electrons. The Hall–Kier alpha value is -6.60. The molecule has 2 bridgehead atoms. The fourth-order valence-electron chi connectivity index (χ4n) is 14.5. The minimum atomic E-state index is -2.27. The summed E-state index contributed by atoms with van der Waals surface area (Å²) in [7, 11) is 5.05. The number of esters is 2. The first-order valence-electron chi connectivity index (χ1n) is 25.3. The number of allylic oxidation sites excluding steroid dienone is 2. The number of carboxylic acids is 2. The smallest absolute Gasteiger partial charge is 0.335 e. The minimum Gasteiger partial charge on any atom is -0.496 e. The Morgan fingerprint density at radius 3 is 2.32 bits per heavy atom. The molecule has 74 heavy (non-hydrogen) atoms. The van der Waals surface area contributed by atoms with Crippen LogP contribution in [0.2, 0.25) is 0 Å². The highest BCUT2D eigenvalue weighted by Gasteiger charge is 2.78. The maximum Gasteiger partial charge on any atom is 0.335 e. The molecule has 4 aromatic rings. The van der Waals surface area contributed by atoms with Crippen LogP contribution in [0, 0.1) is 23.1 Å². The average Bonchev–Trinajstić information content (AvgIpc) is 4.04. The van der Waals surface area contributed by atoms with Gasteiger partial charge >= 0.3 is 23.9 Å². The van der Waals surface area contributed by atoms with Gasteiger partial charge in [0.05, 0.1) is 26.8 Å². The number of methoxy groups -OCH3 is 2. The maximum absolute atomic E-state index is 15.3. The molecule has 3 aliphatic heterocycles. The molecule has 1 saturated heterocycles. The molecule has 18 heteroatoms. The van der Waals surface area contributed by atoms with Crippen LogP contribution in [0.15, 0.2) is 84.5 Å².